The highest BCUT2D eigenvalue weighted by atomic mass is 35.5. The predicted molar refractivity (Wildman–Crippen MR) is 84.7 cm³/mol. The molecule has 21 heavy (non-hydrogen) atoms. The molecule has 0 spiro atoms. The lowest BCUT2D eigenvalue weighted by atomic mass is 10.1. The Kier molecular flexibility index (Phi) is 8.08. The average molecular weight is 315 g/mol. The normalized spacial score (nSPS) is 18.7. The smallest absolute Gasteiger partial charge is 0.287 e. The van der Waals surface area contributed by atoms with E-state index in [1.54, 1.807) is 13.0 Å². The van der Waals surface area contributed by atoms with Gasteiger partial charge >= 0.3 is 0 Å². The van der Waals surface area contributed by atoms with Crippen LogP contribution in [-0.4, -0.2) is 24.2 Å². The first-order chi connectivity index (χ1) is 10.0. The van der Waals surface area contributed by atoms with Crippen molar-refractivity contribution in [2.24, 2.45) is 0 Å². The van der Waals surface area contributed by atoms with Crippen molar-refractivity contribution in [3.05, 3.63) is 44.8 Å². The molecule has 1 aliphatic heterocycles. The van der Waals surface area contributed by atoms with Gasteiger partial charge in [-0.3, -0.25) is 10.1 Å². The number of nitro groups is 1. The van der Waals surface area contributed by atoms with E-state index in [1.165, 1.54) is 6.08 Å². The molecule has 0 aromatic heterocycles. The molecule has 1 saturated heterocycles. The molecule has 0 radical (unpaired) electrons. The molecule has 118 valence electrons. The van der Waals surface area contributed by atoms with Gasteiger partial charge in [-0.1, -0.05) is 31.0 Å². The fourth-order valence-electron chi connectivity index (χ4n) is 2.05. The maximum atomic E-state index is 11.2. The molecular formula is C15H23ClN2O3. The van der Waals surface area contributed by atoms with E-state index in [0.717, 1.165) is 25.7 Å². The Morgan fingerprint density at radius 2 is 2.10 bits per heavy atom. The first kappa shape index (κ1) is 17.7. The van der Waals surface area contributed by atoms with Gasteiger partial charge in [0.15, 0.2) is 0 Å². The van der Waals surface area contributed by atoms with Gasteiger partial charge in [0.25, 0.3) is 5.70 Å². The van der Waals surface area contributed by atoms with E-state index in [2.05, 4.69) is 12.2 Å². The molecule has 0 aromatic carbocycles. The second-order valence-electron chi connectivity index (χ2n) is 5.01. The largest absolute Gasteiger partial charge is 0.381 e. The van der Waals surface area contributed by atoms with E-state index in [0.29, 0.717) is 23.9 Å². The summed E-state index contributed by atoms with van der Waals surface area (Å²) in [7, 11) is 0. The number of allylic oxidation sites excluding steroid dienone is 5. The number of ether oxygens (including phenoxy) is 1. The zero-order chi connectivity index (χ0) is 15.7. The van der Waals surface area contributed by atoms with E-state index in [9.17, 15) is 10.1 Å². The molecule has 5 nitrogen and oxygen atoms in total. The summed E-state index contributed by atoms with van der Waals surface area (Å²) in [5.74, 6) is 0. The Labute approximate surface area is 130 Å². The Balaban J connectivity index is 2.75. The molecule has 0 amide bonds. The third kappa shape index (κ3) is 6.78. The van der Waals surface area contributed by atoms with E-state index in [4.69, 9.17) is 16.3 Å². The fourth-order valence-corrected chi connectivity index (χ4v) is 2.23. The van der Waals surface area contributed by atoms with Gasteiger partial charge in [0.1, 0.15) is 0 Å². The monoisotopic (exact) mass is 314 g/mol. The molecule has 1 rings (SSSR count). The lowest BCUT2D eigenvalue weighted by Crippen LogP contribution is -2.34. The third-order valence-corrected chi connectivity index (χ3v) is 3.53. The highest BCUT2D eigenvalue weighted by molar-refractivity contribution is 6.31. The Bertz CT molecular complexity index is 438. The molecule has 0 atom stereocenters. The van der Waals surface area contributed by atoms with Gasteiger partial charge in [-0.25, -0.2) is 0 Å². The predicted octanol–water partition coefficient (Wildman–Crippen LogP) is 3.74. The molecule has 0 bridgehead atoms. The van der Waals surface area contributed by atoms with E-state index in [1.807, 2.05) is 6.08 Å². The fraction of sp³-hybridized carbons (Fsp3) is 0.600. The molecule has 6 heteroatoms. The number of hydrogen-bond donors (Lipinski definition) is 1. The number of halogens is 1. The van der Waals surface area contributed by atoms with Gasteiger partial charge in [-0.15, -0.1) is 0 Å². The van der Waals surface area contributed by atoms with Crippen molar-refractivity contribution in [2.75, 3.05) is 13.2 Å². The highest BCUT2D eigenvalue weighted by Gasteiger charge is 2.18. The van der Waals surface area contributed by atoms with Crippen LogP contribution in [0, 0.1) is 10.1 Å². The van der Waals surface area contributed by atoms with Crippen LogP contribution in [0.3, 0.4) is 0 Å². The Hall–Kier alpha value is -1.33. The number of nitrogens with one attached hydrogen (secondary N) is 1. The van der Waals surface area contributed by atoms with Crippen LogP contribution in [-0.2, 0) is 4.74 Å². The zero-order valence-electron chi connectivity index (χ0n) is 12.6. The quantitative estimate of drug-likeness (QED) is 0.441. The van der Waals surface area contributed by atoms with Crippen molar-refractivity contribution >= 4 is 11.6 Å². The summed E-state index contributed by atoms with van der Waals surface area (Å²) in [6, 6.07) is 0.230. The van der Waals surface area contributed by atoms with Crippen LogP contribution in [0.15, 0.2) is 34.7 Å². The van der Waals surface area contributed by atoms with Gasteiger partial charge in [-0.05, 0) is 32.3 Å². The summed E-state index contributed by atoms with van der Waals surface area (Å²) in [4.78, 5) is 10.8. The number of unbranched alkanes of at least 4 members (excludes halogenated alkanes) is 1. The van der Waals surface area contributed by atoms with Crippen molar-refractivity contribution in [2.45, 2.75) is 45.6 Å². The summed E-state index contributed by atoms with van der Waals surface area (Å²) in [6.07, 6.45) is 8.47. The van der Waals surface area contributed by atoms with Crippen molar-refractivity contribution in [3.63, 3.8) is 0 Å². The van der Waals surface area contributed by atoms with Gasteiger partial charge in [0.05, 0.1) is 10.6 Å². The van der Waals surface area contributed by atoms with Crippen LogP contribution in [0.2, 0.25) is 0 Å². The molecular weight excluding hydrogens is 292 g/mol. The first-order valence-electron chi connectivity index (χ1n) is 7.27. The lowest BCUT2D eigenvalue weighted by Gasteiger charge is -2.24. The van der Waals surface area contributed by atoms with Crippen LogP contribution >= 0.6 is 11.6 Å². The van der Waals surface area contributed by atoms with E-state index < -0.39 is 0 Å². The molecule has 1 heterocycles. The molecule has 0 aromatic rings. The second kappa shape index (κ2) is 9.58. The topological polar surface area (TPSA) is 64.4 Å². The summed E-state index contributed by atoms with van der Waals surface area (Å²) in [5, 5.41) is 14.9. The van der Waals surface area contributed by atoms with Gasteiger partial charge in [-0.2, -0.15) is 0 Å². The maximum absolute atomic E-state index is 11.2. The van der Waals surface area contributed by atoms with E-state index >= 15 is 0 Å². The van der Waals surface area contributed by atoms with Gasteiger partial charge < -0.3 is 10.1 Å². The second-order valence-corrected chi connectivity index (χ2v) is 5.45. The van der Waals surface area contributed by atoms with Crippen LogP contribution in [0.5, 0.6) is 0 Å². The van der Waals surface area contributed by atoms with Crippen molar-refractivity contribution < 1.29 is 9.66 Å². The maximum Gasteiger partial charge on any atom is 0.287 e. The number of rotatable bonds is 7. The highest BCUT2D eigenvalue weighted by Crippen LogP contribution is 2.13. The standard InChI is InChI=1S/C15H23ClN2O3/c1-3-4-5-13(16)6-7-15(18(19)20)12(2)17-14-8-10-21-11-9-14/h5-7,14,17H,3-4,8-11H2,1-2H3/b7-6-,13-5-,15-12-. The Morgan fingerprint density at radius 1 is 1.43 bits per heavy atom. The summed E-state index contributed by atoms with van der Waals surface area (Å²) in [6.45, 7) is 5.16. The molecule has 0 aliphatic carbocycles. The van der Waals surface area contributed by atoms with Crippen LogP contribution in [0.4, 0.5) is 0 Å². The minimum Gasteiger partial charge on any atom is -0.381 e. The number of hydrogen-bond acceptors (Lipinski definition) is 4. The minimum atomic E-state index is -0.387. The first-order valence-corrected chi connectivity index (χ1v) is 7.65. The molecule has 1 N–H and O–H groups in total. The van der Waals surface area contributed by atoms with Crippen LogP contribution < -0.4 is 5.32 Å². The van der Waals surface area contributed by atoms with Crippen LogP contribution in [0.25, 0.3) is 0 Å². The van der Waals surface area contributed by atoms with Crippen molar-refractivity contribution in [1.82, 2.24) is 5.32 Å². The Morgan fingerprint density at radius 3 is 2.67 bits per heavy atom. The summed E-state index contributed by atoms with van der Waals surface area (Å²) in [5.41, 5.74) is 0.604. The van der Waals surface area contributed by atoms with Crippen molar-refractivity contribution in [3.8, 4) is 0 Å². The summed E-state index contributed by atoms with van der Waals surface area (Å²) < 4.78 is 5.28. The minimum absolute atomic E-state index is 0.0459. The SMILES string of the molecule is CCC/C=C(Cl)/C=C\C(=C(/C)NC1CCOCC1)[N+](=O)[O-]. The molecule has 1 fully saturated rings. The van der Waals surface area contributed by atoms with E-state index in [-0.39, 0.29) is 16.7 Å². The zero-order valence-corrected chi connectivity index (χ0v) is 13.4. The third-order valence-electron chi connectivity index (χ3n) is 3.25. The molecule has 1 aliphatic rings. The van der Waals surface area contributed by atoms with Gasteiger partial charge in [0.2, 0.25) is 0 Å². The lowest BCUT2D eigenvalue weighted by molar-refractivity contribution is -0.420. The molecule has 0 saturated carbocycles. The summed E-state index contributed by atoms with van der Waals surface area (Å²) >= 11 is 6.00. The number of nitrogens with zero attached hydrogens (tertiary/aromatic N) is 1. The molecule has 0 unspecified atom stereocenters. The van der Waals surface area contributed by atoms with Crippen molar-refractivity contribution in [1.29, 1.82) is 0 Å². The van der Waals surface area contributed by atoms with Crippen LogP contribution in [0.1, 0.15) is 39.5 Å². The van der Waals surface area contributed by atoms with Gasteiger partial charge in [0, 0.05) is 30.4 Å². The average Bonchev–Trinajstić information content (AvgIpc) is 2.46.